The second kappa shape index (κ2) is 9.73. The van der Waals surface area contributed by atoms with Gasteiger partial charge in [0.05, 0.1) is 14.2 Å². The maximum Gasteiger partial charge on any atom is 0.346 e. The Morgan fingerprint density at radius 1 is 1.04 bits per heavy atom. The van der Waals surface area contributed by atoms with Crippen molar-refractivity contribution >= 4 is 12.0 Å². The number of nitriles is 1. The van der Waals surface area contributed by atoms with Crippen LogP contribution in [0.25, 0.3) is 6.08 Å². The van der Waals surface area contributed by atoms with Gasteiger partial charge in [-0.25, -0.2) is 4.79 Å². The lowest BCUT2D eigenvalue weighted by atomic mass is 10.1. The normalized spacial score (nSPS) is 10.6. The van der Waals surface area contributed by atoms with Crippen molar-refractivity contribution < 1.29 is 28.8 Å². The molecule has 2 aromatic carbocycles. The van der Waals surface area contributed by atoms with E-state index in [1.54, 1.807) is 37.4 Å². The molecule has 7 nitrogen and oxygen atoms in total. The second-order valence-electron chi connectivity index (χ2n) is 5.26. The van der Waals surface area contributed by atoms with E-state index in [9.17, 15) is 4.79 Å². The number of carboxylic acid groups (broad SMARTS) is 1. The van der Waals surface area contributed by atoms with Crippen LogP contribution in [0.15, 0.2) is 48.0 Å². The summed E-state index contributed by atoms with van der Waals surface area (Å²) in [7, 11) is 3.06. The molecule has 2 rings (SSSR count). The van der Waals surface area contributed by atoms with Crippen LogP contribution in [0.2, 0.25) is 0 Å². The monoisotopic (exact) mass is 369 g/mol. The summed E-state index contributed by atoms with van der Waals surface area (Å²) in [6.07, 6.45) is 1.26. The third kappa shape index (κ3) is 5.68. The average molecular weight is 369 g/mol. The van der Waals surface area contributed by atoms with Gasteiger partial charge in [0.1, 0.15) is 36.4 Å². The van der Waals surface area contributed by atoms with Gasteiger partial charge in [-0.15, -0.1) is 0 Å². The molecular weight excluding hydrogens is 350 g/mol. The molecule has 2 aromatic rings. The molecule has 0 fully saturated rings. The molecule has 140 valence electrons. The molecule has 0 aliphatic rings. The van der Waals surface area contributed by atoms with Crippen LogP contribution < -0.4 is 18.9 Å². The van der Waals surface area contributed by atoms with Crippen molar-refractivity contribution in [3.63, 3.8) is 0 Å². The van der Waals surface area contributed by atoms with E-state index in [1.807, 2.05) is 18.2 Å². The van der Waals surface area contributed by atoms with Crippen LogP contribution in [-0.2, 0) is 4.79 Å². The van der Waals surface area contributed by atoms with Gasteiger partial charge in [0, 0.05) is 6.07 Å². The van der Waals surface area contributed by atoms with Crippen molar-refractivity contribution in [1.29, 1.82) is 5.26 Å². The predicted octanol–water partition coefficient (Wildman–Crippen LogP) is 3.15. The van der Waals surface area contributed by atoms with E-state index in [0.29, 0.717) is 35.2 Å². The van der Waals surface area contributed by atoms with Crippen LogP contribution >= 0.6 is 0 Å². The van der Waals surface area contributed by atoms with Crippen molar-refractivity contribution in [3.05, 3.63) is 53.6 Å². The fourth-order valence-corrected chi connectivity index (χ4v) is 2.20. The van der Waals surface area contributed by atoms with Gasteiger partial charge >= 0.3 is 5.97 Å². The SMILES string of the molecule is COc1cccc(OCCOc2ccc(C=C(C#N)C(=O)O)cc2OC)c1. The number of methoxy groups -OCH3 is 2. The highest BCUT2D eigenvalue weighted by molar-refractivity contribution is 5.96. The van der Waals surface area contributed by atoms with E-state index in [0.717, 1.165) is 0 Å². The zero-order chi connectivity index (χ0) is 19.6. The van der Waals surface area contributed by atoms with E-state index in [-0.39, 0.29) is 12.2 Å². The zero-order valence-electron chi connectivity index (χ0n) is 15.0. The minimum atomic E-state index is -1.29. The van der Waals surface area contributed by atoms with Crippen LogP contribution in [-0.4, -0.2) is 38.5 Å². The summed E-state index contributed by atoms with van der Waals surface area (Å²) in [4.78, 5) is 10.9. The Morgan fingerprint density at radius 3 is 2.44 bits per heavy atom. The third-order valence-electron chi connectivity index (χ3n) is 3.50. The highest BCUT2D eigenvalue weighted by Gasteiger charge is 2.09. The maximum absolute atomic E-state index is 10.9. The highest BCUT2D eigenvalue weighted by atomic mass is 16.5. The number of ether oxygens (including phenoxy) is 4. The lowest BCUT2D eigenvalue weighted by molar-refractivity contribution is -0.132. The smallest absolute Gasteiger partial charge is 0.346 e. The Morgan fingerprint density at radius 2 is 1.78 bits per heavy atom. The van der Waals surface area contributed by atoms with Gasteiger partial charge in [-0.2, -0.15) is 5.26 Å². The van der Waals surface area contributed by atoms with Gasteiger partial charge < -0.3 is 24.1 Å². The quantitative estimate of drug-likeness (QED) is 0.412. The fraction of sp³-hybridized carbons (Fsp3) is 0.200. The zero-order valence-corrected chi connectivity index (χ0v) is 15.0. The van der Waals surface area contributed by atoms with E-state index in [4.69, 9.17) is 29.3 Å². The molecule has 0 saturated carbocycles. The summed E-state index contributed by atoms with van der Waals surface area (Å²) in [6, 6.07) is 13.8. The second-order valence-corrected chi connectivity index (χ2v) is 5.26. The summed E-state index contributed by atoms with van der Waals surface area (Å²) < 4.78 is 21.7. The van der Waals surface area contributed by atoms with Crippen LogP contribution in [0, 0.1) is 11.3 Å². The average Bonchev–Trinajstić information content (AvgIpc) is 2.69. The molecule has 0 spiro atoms. The van der Waals surface area contributed by atoms with Gasteiger partial charge in [0.25, 0.3) is 0 Å². The molecule has 0 amide bonds. The van der Waals surface area contributed by atoms with Gasteiger partial charge in [-0.1, -0.05) is 12.1 Å². The topological polar surface area (TPSA) is 98.0 Å². The Kier molecular flexibility index (Phi) is 7.08. The largest absolute Gasteiger partial charge is 0.497 e. The number of carboxylic acids is 1. The molecule has 0 saturated heterocycles. The van der Waals surface area contributed by atoms with Crippen molar-refractivity contribution in [2.45, 2.75) is 0 Å². The number of hydrogen-bond acceptors (Lipinski definition) is 6. The highest BCUT2D eigenvalue weighted by Crippen LogP contribution is 2.29. The third-order valence-corrected chi connectivity index (χ3v) is 3.50. The molecular formula is C20H19NO6. The van der Waals surface area contributed by atoms with Crippen LogP contribution in [0.1, 0.15) is 5.56 Å². The molecule has 0 aliphatic heterocycles. The molecule has 1 N–H and O–H groups in total. The van der Waals surface area contributed by atoms with Gasteiger partial charge in [0.15, 0.2) is 11.5 Å². The van der Waals surface area contributed by atoms with E-state index in [1.165, 1.54) is 13.2 Å². The standard InChI is InChI=1S/C20H19NO6/c1-24-16-4-3-5-17(12-16)26-8-9-27-18-7-6-14(11-19(18)25-2)10-15(13-21)20(22)23/h3-7,10-12H,8-9H2,1-2H3,(H,22,23). The van der Waals surface area contributed by atoms with Gasteiger partial charge in [-0.3, -0.25) is 0 Å². The minimum Gasteiger partial charge on any atom is -0.497 e. The van der Waals surface area contributed by atoms with Crippen molar-refractivity contribution in [1.82, 2.24) is 0 Å². The number of carbonyl (C=O) groups is 1. The Balaban J connectivity index is 1.98. The lowest BCUT2D eigenvalue weighted by Crippen LogP contribution is -2.09. The summed E-state index contributed by atoms with van der Waals surface area (Å²) in [5.74, 6) is 0.997. The molecule has 0 aliphatic carbocycles. The molecule has 0 aromatic heterocycles. The molecule has 0 atom stereocenters. The van der Waals surface area contributed by atoms with Gasteiger partial charge in [-0.05, 0) is 35.9 Å². The molecule has 0 radical (unpaired) electrons. The van der Waals surface area contributed by atoms with Crippen molar-refractivity contribution in [3.8, 4) is 29.1 Å². The Labute approximate surface area is 157 Å². The first-order valence-corrected chi connectivity index (χ1v) is 8.00. The van der Waals surface area contributed by atoms with Crippen molar-refractivity contribution in [2.75, 3.05) is 27.4 Å². The van der Waals surface area contributed by atoms with E-state index in [2.05, 4.69) is 0 Å². The van der Waals surface area contributed by atoms with Gasteiger partial charge in [0.2, 0.25) is 0 Å². The number of rotatable bonds is 9. The first-order valence-electron chi connectivity index (χ1n) is 8.00. The minimum absolute atomic E-state index is 0.279. The number of benzene rings is 2. The van der Waals surface area contributed by atoms with E-state index < -0.39 is 5.97 Å². The fourth-order valence-electron chi connectivity index (χ4n) is 2.20. The first kappa shape index (κ1) is 19.7. The Hall–Kier alpha value is -3.66. The molecule has 7 heteroatoms. The number of aliphatic carboxylic acids is 1. The van der Waals surface area contributed by atoms with E-state index >= 15 is 0 Å². The lowest BCUT2D eigenvalue weighted by Gasteiger charge is -2.12. The number of hydrogen-bond donors (Lipinski definition) is 1. The van der Waals surface area contributed by atoms with Crippen molar-refractivity contribution in [2.24, 2.45) is 0 Å². The molecule has 0 bridgehead atoms. The molecule has 27 heavy (non-hydrogen) atoms. The first-order chi connectivity index (χ1) is 13.1. The Bertz CT molecular complexity index is 869. The summed E-state index contributed by atoms with van der Waals surface area (Å²) in [5, 5.41) is 17.7. The molecule has 0 heterocycles. The van der Waals surface area contributed by atoms with Crippen LogP contribution in [0.3, 0.4) is 0 Å². The summed E-state index contributed by atoms with van der Waals surface area (Å²) >= 11 is 0. The predicted molar refractivity (Wildman–Crippen MR) is 98.2 cm³/mol. The molecule has 0 unspecified atom stereocenters. The maximum atomic E-state index is 10.9. The number of nitrogens with zero attached hydrogens (tertiary/aromatic N) is 1. The van der Waals surface area contributed by atoms with Crippen LogP contribution in [0.5, 0.6) is 23.0 Å². The summed E-state index contributed by atoms with van der Waals surface area (Å²) in [5.41, 5.74) is 0.156. The summed E-state index contributed by atoms with van der Waals surface area (Å²) in [6.45, 7) is 0.594. The van der Waals surface area contributed by atoms with Crippen LogP contribution in [0.4, 0.5) is 0 Å².